The number of hydrogen-bond donors (Lipinski definition) is 0. The average molecular weight is 545 g/mol. The molecule has 6 rings (SSSR count). The molecule has 15 heteroatoms. The number of anilines is 2. The molecule has 2 unspecified atom stereocenters. The number of halogens is 3. The topological polar surface area (TPSA) is 123 Å². The van der Waals surface area contributed by atoms with Gasteiger partial charge in [0, 0.05) is 30.4 Å². The molecule has 38 heavy (non-hydrogen) atoms. The molecule has 2 bridgehead atoms. The minimum atomic E-state index is -4.73. The van der Waals surface area contributed by atoms with Gasteiger partial charge in [0.2, 0.25) is 5.82 Å². The molecule has 2 fully saturated rings. The van der Waals surface area contributed by atoms with Crippen molar-refractivity contribution in [3.05, 3.63) is 59.3 Å². The lowest BCUT2D eigenvalue weighted by atomic mass is 10.2. The molecule has 0 saturated carbocycles. The van der Waals surface area contributed by atoms with E-state index in [2.05, 4.69) is 34.8 Å². The second-order valence-electron chi connectivity index (χ2n) is 8.81. The van der Waals surface area contributed by atoms with Gasteiger partial charge in [0.05, 0.1) is 41.6 Å². The Balaban J connectivity index is 1.27. The average Bonchev–Trinajstić information content (AvgIpc) is 3.67. The molecule has 2 aliphatic rings. The smallest absolute Gasteiger partial charge is 0.371 e. The van der Waals surface area contributed by atoms with E-state index in [0.717, 1.165) is 17.7 Å². The van der Waals surface area contributed by atoms with Gasteiger partial charge in [0.15, 0.2) is 11.6 Å². The molecule has 11 nitrogen and oxygen atoms in total. The van der Waals surface area contributed by atoms with E-state index < -0.39 is 12.1 Å². The van der Waals surface area contributed by atoms with Gasteiger partial charge in [-0.3, -0.25) is 9.78 Å². The lowest BCUT2D eigenvalue weighted by Gasteiger charge is -2.32. The third-order valence-electron chi connectivity index (χ3n) is 6.19. The summed E-state index contributed by atoms with van der Waals surface area (Å²) in [7, 11) is 0. The largest absolute Gasteiger partial charge is 0.471 e. The van der Waals surface area contributed by atoms with Crippen molar-refractivity contribution in [3.8, 4) is 10.7 Å². The van der Waals surface area contributed by atoms with Crippen LogP contribution in [0.5, 0.6) is 0 Å². The van der Waals surface area contributed by atoms with Gasteiger partial charge < -0.3 is 19.1 Å². The van der Waals surface area contributed by atoms with E-state index in [1.807, 2.05) is 0 Å². The number of thiophene rings is 1. The Morgan fingerprint density at radius 2 is 1.95 bits per heavy atom. The fourth-order valence-corrected chi connectivity index (χ4v) is 5.38. The standard InChI is InChI=1S/C23H19F3N8O3S/c24-23(25,26)22-30-20(32-37-22)17-4-3-16(38-17)12-34(19-9-27-5-6-28-19)18-7-13(8-29-31-18)21(35)33-10-14-1-2-15(11-33)36-14/h3-9,14-15H,1-2,10-12H2. The van der Waals surface area contributed by atoms with E-state index in [1.54, 1.807) is 34.2 Å². The van der Waals surface area contributed by atoms with Crippen LogP contribution in [-0.2, 0) is 17.5 Å². The highest BCUT2D eigenvalue weighted by atomic mass is 32.1. The molecule has 6 heterocycles. The Kier molecular flexibility index (Phi) is 6.23. The summed E-state index contributed by atoms with van der Waals surface area (Å²) in [5.74, 6) is -0.914. The highest BCUT2D eigenvalue weighted by molar-refractivity contribution is 7.15. The number of amides is 1. The van der Waals surface area contributed by atoms with Crippen LogP contribution in [0.25, 0.3) is 10.7 Å². The van der Waals surface area contributed by atoms with Crippen LogP contribution in [0.1, 0.15) is 34.0 Å². The van der Waals surface area contributed by atoms with Crippen LogP contribution in [0.3, 0.4) is 0 Å². The van der Waals surface area contributed by atoms with Crippen molar-refractivity contribution in [1.82, 2.24) is 35.2 Å². The summed E-state index contributed by atoms with van der Waals surface area (Å²) in [5.41, 5.74) is 0.378. The van der Waals surface area contributed by atoms with Crippen molar-refractivity contribution in [2.45, 2.75) is 37.8 Å². The van der Waals surface area contributed by atoms with Gasteiger partial charge in [-0.25, -0.2) is 4.98 Å². The number of fused-ring (bicyclic) bond motifs is 2. The van der Waals surface area contributed by atoms with Crippen LogP contribution in [0, 0.1) is 0 Å². The fraction of sp³-hybridized carbons (Fsp3) is 0.348. The van der Waals surface area contributed by atoms with Gasteiger partial charge in [-0.05, 0) is 31.0 Å². The normalized spacial score (nSPS) is 19.1. The van der Waals surface area contributed by atoms with Crippen molar-refractivity contribution in [2.24, 2.45) is 0 Å². The lowest BCUT2D eigenvalue weighted by molar-refractivity contribution is -0.159. The van der Waals surface area contributed by atoms with Crippen molar-refractivity contribution in [3.63, 3.8) is 0 Å². The molecular weight excluding hydrogens is 525 g/mol. The molecule has 2 aliphatic heterocycles. The Morgan fingerprint density at radius 1 is 1.13 bits per heavy atom. The molecule has 2 saturated heterocycles. The molecule has 1 amide bonds. The second kappa shape index (κ2) is 9.72. The molecule has 4 aromatic heterocycles. The molecule has 0 aromatic carbocycles. The van der Waals surface area contributed by atoms with Gasteiger partial charge in [0.1, 0.15) is 0 Å². The summed E-state index contributed by atoms with van der Waals surface area (Å²) in [6, 6.07) is 4.99. The predicted octanol–water partition coefficient (Wildman–Crippen LogP) is 3.74. The predicted molar refractivity (Wildman–Crippen MR) is 126 cm³/mol. The third kappa shape index (κ3) is 4.93. The van der Waals surface area contributed by atoms with Crippen molar-refractivity contribution >= 4 is 28.9 Å². The maximum Gasteiger partial charge on any atom is 0.471 e. The Labute approximate surface area is 217 Å². The second-order valence-corrected chi connectivity index (χ2v) is 9.97. The van der Waals surface area contributed by atoms with E-state index in [4.69, 9.17) is 4.74 Å². The minimum absolute atomic E-state index is 0.0579. The number of rotatable bonds is 6. The third-order valence-corrected chi connectivity index (χ3v) is 7.25. The van der Waals surface area contributed by atoms with Gasteiger partial charge in [-0.1, -0.05) is 5.16 Å². The molecule has 0 radical (unpaired) electrons. The number of alkyl halides is 3. The van der Waals surface area contributed by atoms with Crippen molar-refractivity contribution in [2.75, 3.05) is 18.0 Å². The summed E-state index contributed by atoms with van der Waals surface area (Å²) < 4.78 is 48.8. The number of morpholine rings is 1. The van der Waals surface area contributed by atoms with E-state index >= 15 is 0 Å². The highest BCUT2D eigenvalue weighted by Gasteiger charge is 2.39. The van der Waals surface area contributed by atoms with Gasteiger partial charge >= 0.3 is 12.1 Å². The molecule has 196 valence electrons. The van der Waals surface area contributed by atoms with Crippen LogP contribution in [0.15, 0.2) is 47.5 Å². The van der Waals surface area contributed by atoms with Crippen molar-refractivity contribution < 1.29 is 27.2 Å². The first kappa shape index (κ1) is 24.4. The maximum absolute atomic E-state index is 13.3. The summed E-state index contributed by atoms with van der Waals surface area (Å²) in [6.45, 7) is 1.29. The van der Waals surface area contributed by atoms with Crippen LogP contribution in [0.2, 0.25) is 0 Å². The monoisotopic (exact) mass is 544 g/mol. The molecular formula is C23H19F3N8O3S. The summed E-state index contributed by atoms with van der Waals surface area (Å²) in [5, 5.41) is 11.7. The molecule has 4 aromatic rings. The number of likely N-dealkylation sites (tertiary alicyclic amines) is 1. The molecule has 0 spiro atoms. The number of ether oxygens (including phenoxy) is 1. The van der Waals surface area contributed by atoms with Crippen LogP contribution in [-0.4, -0.2) is 66.4 Å². The zero-order valence-corrected chi connectivity index (χ0v) is 20.4. The number of carbonyl (C=O) groups is 1. The van der Waals surface area contributed by atoms with Crippen LogP contribution < -0.4 is 4.90 Å². The number of nitrogens with zero attached hydrogens (tertiary/aromatic N) is 8. The van der Waals surface area contributed by atoms with E-state index in [0.29, 0.717) is 35.2 Å². The number of hydrogen-bond acceptors (Lipinski definition) is 11. The fourth-order valence-electron chi connectivity index (χ4n) is 4.46. The Hall–Kier alpha value is -3.98. The van der Waals surface area contributed by atoms with Crippen LogP contribution >= 0.6 is 11.3 Å². The van der Waals surface area contributed by atoms with E-state index in [-0.39, 0.29) is 30.5 Å². The molecule has 0 N–H and O–H groups in total. The quantitative estimate of drug-likeness (QED) is 0.355. The zero-order chi connectivity index (χ0) is 26.3. The molecule has 0 aliphatic carbocycles. The SMILES string of the molecule is O=C(c1cnnc(N(Cc2ccc(-c3noc(C(F)(F)F)n3)s2)c2cnccn2)c1)N1CC2CCC(C1)O2. The summed E-state index contributed by atoms with van der Waals surface area (Å²) >= 11 is 1.19. The van der Waals surface area contributed by atoms with E-state index in [9.17, 15) is 18.0 Å². The maximum atomic E-state index is 13.3. The summed E-state index contributed by atoms with van der Waals surface area (Å²) in [4.78, 5) is 29.9. The Bertz CT molecular complexity index is 1430. The number of carbonyl (C=O) groups excluding carboxylic acids is 1. The number of aromatic nitrogens is 6. The first-order chi connectivity index (χ1) is 18.3. The van der Waals surface area contributed by atoms with E-state index in [1.165, 1.54) is 29.9 Å². The first-order valence-electron chi connectivity index (χ1n) is 11.6. The van der Waals surface area contributed by atoms with Crippen LogP contribution in [0.4, 0.5) is 24.8 Å². The van der Waals surface area contributed by atoms with Gasteiger partial charge in [0.25, 0.3) is 5.91 Å². The van der Waals surface area contributed by atoms with Crippen molar-refractivity contribution in [1.29, 1.82) is 0 Å². The highest BCUT2D eigenvalue weighted by Crippen LogP contribution is 2.34. The Morgan fingerprint density at radius 3 is 2.66 bits per heavy atom. The lowest BCUT2D eigenvalue weighted by Crippen LogP contribution is -2.45. The minimum Gasteiger partial charge on any atom is -0.371 e. The first-order valence-corrected chi connectivity index (χ1v) is 12.5. The zero-order valence-electron chi connectivity index (χ0n) is 19.6. The van der Waals surface area contributed by atoms with Gasteiger partial charge in [-0.2, -0.15) is 23.3 Å². The van der Waals surface area contributed by atoms with Gasteiger partial charge in [-0.15, -0.1) is 16.4 Å². The summed E-state index contributed by atoms with van der Waals surface area (Å²) in [6.07, 6.45) is 3.29. The molecule has 2 atom stereocenters.